The summed E-state index contributed by atoms with van der Waals surface area (Å²) in [6.07, 6.45) is 8.13. The minimum absolute atomic E-state index is 0.269. The Balaban J connectivity index is 1.71. The van der Waals surface area contributed by atoms with E-state index in [9.17, 15) is 14.4 Å². The van der Waals surface area contributed by atoms with Gasteiger partial charge in [0.2, 0.25) is 0 Å². The Morgan fingerprint density at radius 2 is 0.833 bits per heavy atom. The molecule has 0 aromatic heterocycles. The summed E-state index contributed by atoms with van der Waals surface area (Å²) in [5, 5.41) is 0. The van der Waals surface area contributed by atoms with Crippen LogP contribution in [0.5, 0.6) is 0 Å². The molecule has 48 heavy (non-hydrogen) atoms. The van der Waals surface area contributed by atoms with Crippen molar-refractivity contribution < 1.29 is 28.6 Å². The first-order chi connectivity index (χ1) is 23.1. The number of aryl methyl sites for hydroxylation is 3. The molecule has 0 aliphatic carbocycles. The maximum atomic E-state index is 11.9. The number of hydrogen-bond donors (Lipinski definition) is 0. The minimum atomic E-state index is -0.358. The van der Waals surface area contributed by atoms with E-state index in [0.29, 0.717) is 36.5 Å². The van der Waals surface area contributed by atoms with E-state index in [-0.39, 0.29) is 17.9 Å². The second kappa shape index (κ2) is 19.7. The molecule has 0 radical (unpaired) electrons. The van der Waals surface area contributed by atoms with Crippen LogP contribution in [0.25, 0.3) is 0 Å². The van der Waals surface area contributed by atoms with Crippen molar-refractivity contribution >= 4 is 35.0 Å². The highest BCUT2D eigenvalue weighted by Gasteiger charge is 2.14. The van der Waals surface area contributed by atoms with Gasteiger partial charge in [-0.05, 0) is 126 Å². The fourth-order valence-corrected chi connectivity index (χ4v) is 4.79. The lowest BCUT2D eigenvalue weighted by molar-refractivity contribution is -0.139. The van der Waals surface area contributed by atoms with Gasteiger partial charge in [0.15, 0.2) is 0 Å². The van der Waals surface area contributed by atoms with Gasteiger partial charge in [0.05, 0.1) is 19.8 Å². The SMILES string of the molecule is C=C(C)C(=O)OCCCc1ccc(N(c2ccc(CCCOC(=O)/C(C)=C/C)cc2)c2ccc(CCCOC(=O)/C(C)=C/C)cc2)cc1. The van der Waals surface area contributed by atoms with Gasteiger partial charge < -0.3 is 19.1 Å². The number of nitrogens with zero attached hydrogens (tertiary/aromatic N) is 1. The zero-order valence-corrected chi connectivity index (χ0v) is 29.1. The van der Waals surface area contributed by atoms with Gasteiger partial charge in [-0.15, -0.1) is 0 Å². The van der Waals surface area contributed by atoms with Crippen LogP contribution in [0.4, 0.5) is 17.1 Å². The fraction of sp³-hybridized carbons (Fsp3) is 0.341. The quantitative estimate of drug-likeness (QED) is 0.0587. The number of carbonyl (C=O) groups is 3. The van der Waals surface area contributed by atoms with Crippen LogP contribution in [0.1, 0.15) is 70.6 Å². The maximum absolute atomic E-state index is 11.9. The molecular weight excluding hydrogens is 602 g/mol. The summed E-state index contributed by atoms with van der Waals surface area (Å²) in [6.45, 7) is 13.5. The summed E-state index contributed by atoms with van der Waals surface area (Å²) in [5.41, 5.74) is 8.19. The topological polar surface area (TPSA) is 82.1 Å². The number of benzene rings is 3. The molecular formula is C41H49NO6. The number of anilines is 3. The van der Waals surface area contributed by atoms with Gasteiger partial charge in [0.1, 0.15) is 0 Å². The van der Waals surface area contributed by atoms with Gasteiger partial charge in [-0.1, -0.05) is 55.1 Å². The second-order valence-electron chi connectivity index (χ2n) is 11.8. The van der Waals surface area contributed by atoms with E-state index in [1.54, 1.807) is 32.9 Å². The highest BCUT2D eigenvalue weighted by Crippen LogP contribution is 2.35. The number of allylic oxidation sites excluding steroid dienone is 2. The van der Waals surface area contributed by atoms with Crippen LogP contribution < -0.4 is 4.90 Å². The average Bonchev–Trinajstić information content (AvgIpc) is 3.11. The summed E-state index contributed by atoms with van der Waals surface area (Å²) < 4.78 is 15.9. The van der Waals surface area contributed by atoms with Crippen molar-refractivity contribution in [2.75, 3.05) is 24.7 Å². The molecule has 0 bridgehead atoms. The highest BCUT2D eigenvalue weighted by atomic mass is 16.5. The standard InChI is InChI=1S/C41H49NO6/c1-7-31(5)40(44)47-28-10-13-34-17-23-37(24-18-34)42(36-21-15-33(16-22-36)12-9-27-46-39(43)30(3)4)38-25-19-35(20-26-38)14-11-29-48-41(45)32(6)8-2/h7-8,15-26H,3,9-14,27-29H2,1-2,4-6H3/b31-7+,32-8+. The zero-order valence-electron chi connectivity index (χ0n) is 29.1. The zero-order chi connectivity index (χ0) is 34.9. The smallest absolute Gasteiger partial charge is 0.333 e. The predicted molar refractivity (Wildman–Crippen MR) is 193 cm³/mol. The Hall–Kier alpha value is -4.91. The van der Waals surface area contributed by atoms with Crippen LogP contribution in [0.15, 0.2) is 108 Å². The summed E-state index contributed by atoms with van der Waals surface area (Å²) in [5.74, 6) is -0.895. The molecule has 254 valence electrons. The van der Waals surface area contributed by atoms with Crippen molar-refractivity contribution in [1.82, 2.24) is 0 Å². The van der Waals surface area contributed by atoms with Crippen LogP contribution in [0, 0.1) is 0 Å². The molecule has 0 unspecified atom stereocenters. The molecule has 7 nitrogen and oxygen atoms in total. The van der Waals surface area contributed by atoms with E-state index in [4.69, 9.17) is 14.2 Å². The molecule has 0 heterocycles. The normalized spacial score (nSPS) is 11.5. The summed E-state index contributed by atoms with van der Waals surface area (Å²) in [4.78, 5) is 37.7. The Bertz CT molecular complexity index is 1490. The summed E-state index contributed by atoms with van der Waals surface area (Å²) in [6, 6.07) is 25.4. The van der Waals surface area contributed by atoms with Crippen LogP contribution in [0.2, 0.25) is 0 Å². The van der Waals surface area contributed by atoms with Gasteiger partial charge in [-0.3, -0.25) is 0 Å². The Labute approximate surface area is 285 Å². The number of carbonyl (C=O) groups excluding carboxylic acids is 3. The lowest BCUT2D eigenvalue weighted by atomic mass is 10.1. The van der Waals surface area contributed by atoms with Crippen molar-refractivity contribution in [1.29, 1.82) is 0 Å². The molecule has 0 aliphatic rings. The van der Waals surface area contributed by atoms with E-state index in [1.807, 2.05) is 13.8 Å². The van der Waals surface area contributed by atoms with Crippen LogP contribution >= 0.6 is 0 Å². The molecule has 3 aromatic rings. The molecule has 0 saturated heterocycles. The lowest BCUT2D eigenvalue weighted by Gasteiger charge is -2.26. The monoisotopic (exact) mass is 651 g/mol. The van der Waals surface area contributed by atoms with Gasteiger partial charge in [-0.2, -0.15) is 0 Å². The Kier molecular flexibility index (Phi) is 15.4. The van der Waals surface area contributed by atoms with Gasteiger partial charge >= 0.3 is 17.9 Å². The van der Waals surface area contributed by atoms with E-state index in [1.165, 1.54) is 11.1 Å². The van der Waals surface area contributed by atoms with Crippen molar-refractivity contribution in [3.8, 4) is 0 Å². The van der Waals surface area contributed by atoms with Crippen molar-refractivity contribution in [3.63, 3.8) is 0 Å². The van der Waals surface area contributed by atoms with E-state index in [2.05, 4.69) is 84.3 Å². The molecule has 0 fully saturated rings. The van der Waals surface area contributed by atoms with Crippen LogP contribution in [0.3, 0.4) is 0 Å². The average molecular weight is 652 g/mol. The number of esters is 3. The third-order valence-corrected chi connectivity index (χ3v) is 7.97. The van der Waals surface area contributed by atoms with Gasteiger partial charge in [0.25, 0.3) is 0 Å². The Morgan fingerprint density at radius 3 is 1.10 bits per heavy atom. The van der Waals surface area contributed by atoms with Crippen molar-refractivity contribution in [2.24, 2.45) is 0 Å². The molecule has 0 amide bonds. The second-order valence-corrected chi connectivity index (χ2v) is 11.8. The van der Waals surface area contributed by atoms with Gasteiger partial charge in [0, 0.05) is 33.8 Å². The third kappa shape index (κ3) is 12.0. The lowest BCUT2D eigenvalue weighted by Crippen LogP contribution is -2.11. The third-order valence-electron chi connectivity index (χ3n) is 7.97. The summed E-state index contributed by atoms with van der Waals surface area (Å²) in [7, 11) is 0. The number of hydrogen-bond acceptors (Lipinski definition) is 7. The van der Waals surface area contributed by atoms with E-state index < -0.39 is 0 Å². The molecule has 0 N–H and O–H groups in total. The van der Waals surface area contributed by atoms with E-state index in [0.717, 1.165) is 61.2 Å². The minimum Gasteiger partial charge on any atom is -0.462 e. The van der Waals surface area contributed by atoms with Crippen LogP contribution in [-0.4, -0.2) is 37.7 Å². The first-order valence-electron chi connectivity index (χ1n) is 16.6. The molecule has 0 aliphatic heterocycles. The van der Waals surface area contributed by atoms with Crippen LogP contribution in [-0.2, 0) is 47.9 Å². The molecule has 3 rings (SSSR count). The molecule has 0 saturated carbocycles. The molecule has 3 aromatic carbocycles. The first-order valence-corrected chi connectivity index (χ1v) is 16.6. The molecule has 7 heteroatoms. The Morgan fingerprint density at radius 1 is 0.542 bits per heavy atom. The number of rotatable bonds is 18. The first kappa shape index (κ1) is 37.5. The van der Waals surface area contributed by atoms with Crippen molar-refractivity contribution in [3.05, 3.63) is 125 Å². The molecule has 0 atom stereocenters. The maximum Gasteiger partial charge on any atom is 0.333 e. The van der Waals surface area contributed by atoms with Crippen molar-refractivity contribution in [2.45, 2.75) is 73.1 Å². The molecule has 0 spiro atoms. The fourth-order valence-electron chi connectivity index (χ4n) is 4.79. The van der Waals surface area contributed by atoms with Gasteiger partial charge in [-0.25, -0.2) is 14.4 Å². The van der Waals surface area contributed by atoms with E-state index >= 15 is 0 Å². The summed E-state index contributed by atoms with van der Waals surface area (Å²) >= 11 is 0. The predicted octanol–water partition coefficient (Wildman–Crippen LogP) is 9.09. The largest absolute Gasteiger partial charge is 0.462 e. The number of ether oxygens (including phenoxy) is 3. The highest BCUT2D eigenvalue weighted by molar-refractivity contribution is 5.88.